The smallest absolute Gasteiger partial charge is 0.293 e. The normalized spacial score (nSPS) is 14.6. The van der Waals surface area contributed by atoms with Crippen LogP contribution in [0, 0.1) is 6.92 Å². The van der Waals surface area contributed by atoms with E-state index in [1.165, 1.54) is 4.90 Å². The molecule has 1 aliphatic heterocycles. The molecule has 1 saturated heterocycles. The molecular weight excluding hydrogens is 456 g/mol. The number of rotatable bonds is 8. The van der Waals surface area contributed by atoms with E-state index in [-0.39, 0.29) is 30.0 Å². The number of carbonyl (C=O) groups is 3. The van der Waals surface area contributed by atoms with Crippen LogP contribution < -0.4 is 10.1 Å². The fourth-order valence-electron chi connectivity index (χ4n) is 3.39. The van der Waals surface area contributed by atoms with Gasteiger partial charge in [0.1, 0.15) is 5.75 Å². The number of aryl methyl sites for hydroxylation is 1. The van der Waals surface area contributed by atoms with Crippen molar-refractivity contribution < 1.29 is 19.1 Å². The van der Waals surface area contributed by atoms with E-state index >= 15 is 0 Å². The van der Waals surface area contributed by atoms with Crippen LogP contribution in [0.15, 0.2) is 47.4 Å². The van der Waals surface area contributed by atoms with E-state index in [1.807, 2.05) is 25.1 Å². The van der Waals surface area contributed by atoms with Crippen LogP contribution in [-0.2, 0) is 9.59 Å². The number of anilines is 1. The quantitative estimate of drug-likeness (QED) is 0.469. The van der Waals surface area contributed by atoms with Gasteiger partial charge in [-0.1, -0.05) is 12.1 Å². The number of nitrogens with zero attached hydrogens (tertiary/aromatic N) is 4. The summed E-state index contributed by atoms with van der Waals surface area (Å²) in [6.45, 7) is 2.11. The molecule has 0 saturated carbocycles. The highest BCUT2D eigenvalue weighted by molar-refractivity contribution is 8.18. The minimum Gasteiger partial charge on any atom is -0.496 e. The van der Waals surface area contributed by atoms with Gasteiger partial charge in [-0.3, -0.25) is 19.3 Å². The Bertz CT molecular complexity index is 1240. The van der Waals surface area contributed by atoms with Crippen LogP contribution >= 0.6 is 11.8 Å². The van der Waals surface area contributed by atoms with E-state index in [0.717, 1.165) is 28.5 Å². The van der Waals surface area contributed by atoms with Crippen molar-refractivity contribution in [1.29, 1.82) is 0 Å². The molecule has 10 nitrogen and oxygen atoms in total. The van der Waals surface area contributed by atoms with E-state index in [9.17, 15) is 14.4 Å². The molecular formula is C23H22N6O4S. The molecule has 2 N–H and O–H groups in total. The predicted molar refractivity (Wildman–Crippen MR) is 128 cm³/mol. The van der Waals surface area contributed by atoms with E-state index < -0.39 is 0 Å². The molecule has 1 aliphatic rings. The zero-order chi connectivity index (χ0) is 24.1. The van der Waals surface area contributed by atoms with Crippen molar-refractivity contribution in [2.45, 2.75) is 19.8 Å². The molecule has 174 valence electrons. The van der Waals surface area contributed by atoms with Crippen molar-refractivity contribution in [1.82, 2.24) is 25.5 Å². The minimum atomic E-state index is -0.365. The first kappa shape index (κ1) is 23.2. The number of aromatic nitrogens is 4. The van der Waals surface area contributed by atoms with Gasteiger partial charge in [0, 0.05) is 29.8 Å². The maximum Gasteiger partial charge on any atom is 0.293 e. The summed E-state index contributed by atoms with van der Waals surface area (Å²) in [5, 5.41) is 16.0. The van der Waals surface area contributed by atoms with Gasteiger partial charge in [0.05, 0.1) is 12.0 Å². The number of hydrogen-bond donors (Lipinski definition) is 2. The third kappa shape index (κ3) is 5.31. The first-order chi connectivity index (χ1) is 16.4. The molecule has 2 aromatic carbocycles. The van der Waals surface area contributed by atoms with Crippen molar-refractivity contribution in [2.75, 3.05) is 19.0 Å². The zero-order valence-electron chi connectivity index (χ0n) is 18.6. The molecule has 1 fully saturated rings. The molecule has 0 atom stereocenters. The molecule has 0 bridgehead atoms. The van der Waals surface area contributed by atoms with Gasteiger partial charge >= 0.3 is 0 Å². The summed E-state index contributed by atoms with van der Waals surface area (Å²) >= 11 is 0.887. The van der Waals surface area contributed by atoms with Crippen LogP contribution in [0.3, 0.4) is 0 Å². The lowest BCUT2D eigenvalue weighted by Crippen LogP contribution is -2.29. The highest BCUT2D eigenvalue weighted by Gasteiger charge is 2.34. The van der Waals surface area contributed by atoms with Crippen molar-refractivity contribution in [3.8, 4) is 17.1 Å². The SMILES string of the molecule is COc1cc(C)ccc1/C=C1\SC(=O)N(CCCC(=O)Nc2ccc(-c3nnn[nH]3)cc2)C1=O. The first-order valence-corrected chi connectivity index (χ1v) is 11.3. The van der Waals surface area contributed by atoms with E-state index in [4.69, 9.17) is 4.74 Å². The van der Waals surface area contributed by atoms with Gasteiger partial charge < -0.3 is 10.1 Å². The standard InChI is InChI=1S/C23H22N6O4S/c1-14-5-6-16(18(12-14)33-2)13-19-22(31)29(23(32)34-19)11-3-4-20(30)24-17-9-7-15(8-10-17)21-25-27-28-26-21/h5-10,12-13H,3-4,11H2,1-2H3,(H,24,30)(H,25,26,27,28)/b19-13-. The largest absolute Gasteiger partial charge is 0.496 e. The number of carbonyl (C=O) groups excluding carboxylic acids is 3. The van der Waals surface area contributed by atoms with Crippen LogP contribution in [0.4, 0.5) is 10.5 Å². The average Bonchev–Trinajstić information content (AvgIpc) is 3.45. The number of ether oxygens (including phenoxy) is 1. The van der Waals surface area contributed by atoms with Crippen molar-refractivity contribution >= 4 is 40.6 Å². The molecule has 0 unspecified atom stereocenters. The number of nitrogens with one attached hydrogen (secondary N) is 2. The lowest BCUT2D eigenvalue weighted by Gasteiger charge is -2.12. The summed E-state index contributed by atoms with van der Waals surface area (Å²) < 4.78 is 5.37. The van der Waals surface area contributed by atoms with Gasteiger partial charge in [-0.25, -0.2) is 5.10 Å². The van der Waals surface area contributed by atoms with Crippen LogP contribution in [-0.4, -0.2) is 56.2 Å². The molecule has 2 heterocycles. The number of amides is 3. The Morgan fingerprint density at radius 3 is 2.71 bits per heavy atom. The maximum atomic E-state index is 12.7. The fraction of sp³-hybridized carbons (Fsp3) is 0.217. The Labute approximate surface area is 199 Å². The summed E-state index contributed by atoms with van der Waals surface area (Å²) in [6, 6.07) is 12.7. The Balaban J connectivity index is 1.30. The van der Waals surface area contributed by atoms with Crippen molar-refractivity contribution in [3.05, 3.63) is 58.5 Å². The summed E-state index contributed by atoms with van der Waals surface area (Å²) in [6.07, 6.45) is 2.18. The Morgan fingerprint density at radius 1 is 1.21 bits per heavy atom. The number of tetrazole rings is 1. The van der Waals surface area contributed by atoms with Gasteiger partial charge in [0.15, 0.2) is 5.82 Å². The van der Waals surface area contributed by atoms with Crippen LogP contribution in [0.5, 0.6) is 5.75 Å². The summed E-state index contributed by atoms with van der Waals surface area (Å²) in [4.78, 5) is 38.9. The van der Waals surface area contributed by atoms with Crippen LogP contribution in [0.2, 0.25) is 0 Å². The molecule has 0 aliphatic carbocycles. The summed E-state index contributed by atoms with van der Waals surface area (Å²) in [5.74, 6) is 0.593. The lowest BCUT2D eigenvalue weighted by molar-refractivity contribution is -0.123. The second-order valence-corrected chi connectivity index (χ2v) is 8.55. The highest BCUT2D eigenvalue weighted by Crippen LogP contribution is 2.34. The van der Waals surface area contributed by atoms with Gasteiger partial charge in [-0.15, -0.1) is 5.10 Å². The monoisotopic (exact) mass is 478 g/mol. The molecule has 0 radical (unpaired) electrons. The molecule has 0 spiro atoms. The number of hydrogen-bond acceptors (Lipinski definition) is 8. The molecule has 3 aromatic rings. The number of methoxy groups -OCH3 is 1. The number of H-pyrrole nitrogens is 1. The average molecular weight is 479 g/mol. The Morgan fingerprint density at radius 2 is 2.00 bits per heavy atom. The summed E-state index contributed by atoms with van der Waals surface area (Å²) in [5.41, 5.74) is 3.17. The molecule has 3 amide bonds. The number of aromatic amines is 1. The van der Waals surface area contributed by atoms with Gasteiger partial charge in [-0.05, 0) is 77.5 Å². The fourth-order valence-corrected chi connectivity index (χ4v) is 4.24. The van der Waals surface area contributed by atoms with Crippen LogP contribution in [0.1, 0.15) is 24.0 Å². The molecule has 4 rings (SSSR count). The first-order valence-electron chi connectivity index (χ1n) is 10.5. The zero-order valence-corrected chi connectivity index (χ0v) is 19.4. The van der Waals surface area contributed by atoms with Gasteiger partial charge in [0.2, 0.25) is 5.91 Å². The number of thioether (sulfide) groups is 1. The second-order valence-electron chi connectivity index (χ2n) is 7.56. The summed E-state index contributed by atoms with van der Waals surface area (Å²) in [7, 11) is 1.56. The van der Waals surface area contributed by atoms with E-state index in [2.05, 4.69) is 25.9 Å². The van der Waals surface area contributed by atoms with Crippen molar-refractivity contribution in [3.63, 3.8) is 0 Å². The minimum absolute atomic E-state index is 0.165. The maximum absolute atomic E-state index is 12.7. The van der Waals surface area contributed by atoms with Crippen LogP contribution in [0.25, 0.3) is 17.5 Å². The highest BCUT2D eigenvalue weighted by atomic mass is 32.2. The molecule has 11 heteroatoms. The van der Waals surface area contributed by atoms with Crippen molar-refractivity contribution in [2.24, 2.45) is 0 Å². The van der Waals surface area contributed by atoms with Gasteiger partial charge in [-0.2, -0.15) is 0 Å². The molecule has 1 aromatic heterocycles. The third-order valence-electron chi connectivity index (χ3n) is 5.12. The van der Waals surface area contributed by atoms with E-state index in [1.54, 1.807) is 37.5 Å². The third-order valence-corrected chi connectivity index (χ3v) is 6.03. The number of benzene rings is 2. The topological polar surface area (TPSA) is 130 Å². The number of imide groups is 1. The second kappa shape index (κ2) is 10.3. The predicted octanol–water partition coefficient (Wildman–Crippen LogP) is 3.64. The van der Waals surface area contributed by atoms with E-state index in [0.29, 0.717) is 28.6 Å². The Kier molecular flexibility index (Phi) is 7.02. The lowest BCUT2D eigenvalue weighted by atomic mass is 10.1. The Hall–Kier alpha value is -3.99. The molecule has 34 heavy (non-hydrogen) atoms. The van der Waals surface area contributed by atoms with Gasteiger partial charge in [0.25, 0.3) is 11.1 Å².